The first-order valence-corrected chi connectivity index (χ1v) is 14.2. The molecule has 45 heavy (non-hydrogen) atoms. The summed E-state index contributed by atoms with van der Waals surface area (Å²) in [6.07, 6.45) is -0.612. The summed E-state index contributed by atoms with van der Waals surface area (Å²) in [5.74, 6) is -3.49. The van der Waals surface area contributed by atoms with Gasteiger partial charge in [0.05, 0.1) is 46.8 Å². The van der Waals surface area contributed by atoms with Crippen molar-refractivity contribution in [3.05, 3.63) is 69.6 Å². The van der Waals surface area contributed by atoms with Crippen molar-refractivity contribution in [2.24, 2.45) is 0 Å². The maximum Gasteiger partial charge on any atom is 0.355 e. The van der Waals surface area contributed by atoms with Gasteiger partial charge in [0.15, 0.2) is 0 Å². The largest absolute Gasteiger partial charge is 0.469 e. The monoisotopic (exact) mass is 626 g/mol. The molecule has 2 heterocycles. The number of ether oxygens (including phenoxy) is 5. The zero-order valence-electron chi connectivity index (χ0n) is 26.0. The Morgan fingerprint density at radius 2 is 1.33 bits per heavy atom. The molecule has 3 rings (SSSR count). The normalized spacial score (nSPS) is 15.7. The molecule has 0 fully saturated rings. The fourth-order valence-corrected chi connectivity index (χ4v) is 5.29. The number of hydrogen-bond acceptors (Lipinski definition) is 11. The van der Waals surface area contributed by atoms with Crippen LogP contribution in [-0.2, 0) is 73.5 Å². The fourth-order valence-electron chi connectivity index (χ4n) is 5.29. The summed E-state index contributed by atoms with van der Waals surface area (Å²) >= 11 is 0. The van der Waals surface area contributed by atoms with E-state index in [1.165, 1.54) is 28.4 Å². The molecule has 0 spiro atoms. The molecule has 1 atom stereocenters. The van der Waals surface area contributed by atoms with E-state index in [0.29, 0.717) is 16.8 Å². The number of H-pyrrole nitrogens is 1. The highest BCUT2D eigenvalue weighted by Crippen LogP contribution is 2.37. The quantitative estimate of drug-likeness (QED) is 0.219. The Kier molecular flexibility index (Phi) is 12.0. The zero-order chi connectivity index (χ0) is 33.1. The van der Waals surface area contributed by atoms with E-state index in [1.807, 2.05) is 6.07 Å². The summed E-state index contributed by atoms with van der Waals surface area (Å²) in [4.78, 5) is 78.7. The summed E-state index contributed by atoms with van der Waals surface area (Å²) in [6, 6.07) is 9.02. The maximum absolute atomic E-state index is 13.4. The molecule has 1 aromatic carbocycles. The number of aromatic nitrogens is 1. The number of methoxy groups -OCH3 is 4. The lowest BCUT2D eigenvalue weighted by Crippen LogP contribution is -2.44. The number of rotatable bonds is 15. The molecule has 0 saturated heterocycles. The summed E-state index contributed by atoms with van der Waals surface area (Å²) in [7, 11) is 4.92. The van der Waals surface area contributed by atoms with Crippen LogP contribution >= 0.6 is 0 Å². The summed E-state index contributed by atoms with van der Waals surface area (Å²) in [5.41, 5.74) is 1.36. The molecule has 0 bridgehead atoms. The molecular weight excluding hydrogens is 588 g/mol. The van der Waals surface area contributed by atoms with Crippen LogP contribution in [0.4, 0.5) is 0 Å². The van der Waals surface area contributed by atoms with Crippen LogP contribution in [0.15, 0.2) is 41.5 Å². The lowest BCUT2D eigenvalue weighted by atomic mass is 9.83. The molecule has 0 unspecified atom stereocenters. The average Bonchev–Trinajstić information content (AvgIpc) is 3.48. The predicted octanol–water partition coefficient (Wildman–Crippen LogP) is 2.44. The van der Waals surface area contributed by atoms with Crippen LogP contribution in [0.5, 0.6) is 0 Å². The van der Waals surface area contributed by atoms with E-state index in [1.54, 1.807) is 31.2 Å². The smallest absolute Gasteiger partial charge is 0.355 e. The van der Waals surface area contributed by atoms with Crippen molar-refractivity contribution in [1.29, 1.82) is 0 Å². The second kappa shape index (κ2) is 15.7. The Hall–Kier alpha value is -4.94. The molecule has 1 aliphatic rings. The first-order chi connectivity index (χ1) is 21.5. The van der Waals surface area contributed by atoms with E-state index in [-0.39, 0.29) is 68.4 Å². The van der Waals surface area contributed by atoms with E-state index in [2.05, 4.69) is 10.3 Å². The van der Waals surface area contributed by atoms with Gasteiger partial charge in [0.2, 0.25) is 5.91 Å². The molecule has 13 heteroatoms. The van der Waals surface area contributed by atoms with Gasteiger partial charge >= 0.3 is 29.8 Å². The van der Waals surface area contributed by atoms with E-state index < -0.39 is 41.3 Å². The molecular formula is C32H38N2O11. The third-order valence-corrected chi connectivity index (χ3v) is 7.66. The highest BCUT2D eigenvalue weighted by Gasteiger charge is 2.43. The topological polar surface area (TPSA) is 176 Å². The van der Waals surface area contributed by atoms with Gasteiger partial charge in [-0.2, -0.15) is 0 Å². The number of esters is 5. The number of hydrogen-bond donors (Lipinski definition) is 2. The number of nitrogens with one attached hydrogen (secondary N) is 2. The van der Waals surface area contributed by atoms with Crippen LogP contribution in [0.3, 0.4) is 0 Å². The standard InChI is InChI=1S/C32H38N2O11/c1-32(23(16-28(38)44-5)21(30(39)34-32)12-14-26(36)42-3)17-24-20(11-13-25(35)41-2)22(15-27(37)43-4)29(33-24)31(40)45-18-19-9-7-6-8-10-19/h6-10,33H,11-18H2,1-5H3,(H,34,39)/t32-/m1/s1. The molecule has 2 aromatic rings. The Morgan fingerprint density at radius 1 is 0.756 bits per heavy atom. The molecule has 2 N–H and O–H groups in total. The van der Waals surface area contributed by atoms with Gasteiger partial charge in [-0.15, -0.1) is 0 Å². The van der Waals surface area contributed by atoms with Gasteiger partial charge in [0.25, 0.3) is 0 Å². The maximum atomic E-state index is 13.4. The van der Waals surface area contributed by atoms with Crippen molar-refractivity contribution in [2.45, 2.75) is 64.0 Å². The van der Waals surface area contributed by atoms with E-state index in [4.69, 9.17) is 23.7 Å². The third kappa shape index (κ3) is 8.80. The first kappa shape index (κ1) is 34.5. The average molecular weight is 627 g/mol. The van der Waals surface area contributed by atoms with Crippen LogP contribution in [0.1, 0.15) is 65.5 Å². The lowest BCUT2D eigenvalue weighted by molar-refractivity contribution is -0.141. The molecule has 13 nitrogen and oxygen atoms in total. The van der Waals surface area contributed by atoms with Crippen LogP contribution in [0, 0.1) is 0 Å². The second-order valence-electron chi connectivity index (χ2n) is 10.6. The highest BCUT2D eigenvalue weighted by molar-refractivity contribution is 6.00. The SMILES string of the molecule is COC(=O)CCC1=C(CC(=O)OC)[C@@](C)(Cc2[nH]c(C(=O)OCc3ccccc3)c(CC(=O)OC)c2CCC(=O)OC)NC1=O. The molecule has 1 amide bonds. The Morgan fingerprint density at radius 3 is 1.93 bits per heavy atom. The van der Waals surface area contributed by atoms with E-state index in [0.717, 1.165) is 5.56 Å². The molecule has 1 aliphatic heterocycles. The molecule has 0 radical (unpaired) electrons. The molecule has 0 aliphatic carbocycles. The predicted molar refractivity (Wildman–Crippen MR) is 158 cm³/mol. The minimum atomic E-state index is -1.19. The fraction of sp³-hybridized carbons (Fsp3) is 0.438. The van der Waals surface area contributed by atoms with Crippen LogP contribution in [0.2, 0.25) is 0 Å². The van der Waals surface area contributed by atoms with E-state index >= 15 is 0 Å². The van der Waals surface area contributed by atoms with Gasteiger partial charge in [0, 0.05) is 30.5 Å². The minimum Gasteiger partial charge on any atom is -0.469 e. The molecule has 0 saturated carbocycles. The summed E-state index contributed by atoms with van der Waals surface area (Å²) < 4.78 is 24.9. The first-order valence-electron chi connectivity index (χ1n) is 14.2. The van der Waals surface area contributed by atoms with Crippen LogP contribution in [0.25, 0.3) is 0 Å². The highest BCUT2D eigenvalue weighted by atomic mass is 16.5. The van der Waals surface area contributed by atoms with Gasteiger partial charge in [-0.25, -0.2) is 4.79 Å². The van der Waals surface area contributed by atoms with Crippen molar-refractivity contribution in [1.82, 2.24) is 10.3 Å². The lowest BCUT2D eigenvalue weighted by Gasteiger charge is -2.28. The minimum absolute atomic E-state index is 0.0106. The Bertz CT molecular complexity index is 1480. The Balaban J connectivity index is 2.11. The van der Waals surface area contributed by atoms with Gasteiger partial charge in [-0.1, -0.05) is 30.3 Å². The molecule has 242 valence electrons. The van der Waals surface area contributed by atoms with Gasteiger partial charge in [0.1, 0.15) is 12.3 Å². The van der Waals surface area contributed by atoms with Crippen molar-refractivity contribution in [3.63, 3.8) is 0 Å². The summed E-state index contributed by atoms with van der Waals surface area (Å²) in [5, 5.41) is 2.92. The van der Waals surface area contributed by atoms with Crippen LogP contribution in [-0.4, -0.2) is 74.7 Å². The number of amides is 1. The van der Waals surface area contributed by atoms with Gasteiger partial charge in [-0.3, -0.25) is 24.0 Å². The number of benzene rings is 1. The Labute approximate surface area is 260 Å². The third-order valence-electron chi connectivity index (χ3n) is 7.66. The van der Waals surface area contributed by atoms with Gasteiger partial charge < -0.3 is 34.0 Å². The number of carbonyl (C=O) groups excluding carboxylic acids is 6. The molecule has 1 aromatic heterocycles. The zero-order valence-corrected chi connectivity index (χ0v) is 26.0. The van der Waals surface area contributed by atoms with E-state index in [9.17, 15) is 28.8 Å². The van der Waals surface area contributed by atoms with Crippen LogP contribution < -0.4 is 5.32 Å². The van der Waals surface area contributed by atoms with Crippen molar-refractivity contribution in [2.75, 3.05) is 28.4 Å². The van der Waals surface area contributed by atoms with Crippen molar-refractivity contribution in [3.8, 4) is 0 Å². The van der Waals surface area contributed by atoms with Crippen molar-refractivity contribution < 1.29 is 52.5 Å². The van der Waals surface area contributed by atoms with Gasteiger partial charge in [-0.05, 0) is 42.0 Å². The van der Waals surface area contributed by atoms with Crippen molar-refractivity contribution >= 4 is 35.8 Å². The summed E-state index contributed by atoms with van der Waals surface area (Å²) in [6.45, 7) is 1.67. The number of carbonyl (C=O) groups is 6. The second-order valence-corrected chi connectivity index (χ2v) is 10.6. The number of aromatic amines is 1.